The maximum absolute atomic E-state index is 11.4. The third-order valence-corrected chi connectivity index (χ3v) is 3.72. The van der Waals surface area contributed by atoms with Crippen LogP contribution in [0.1, 0.15) is 27.2 Å². The van der Waals surface area contributed by atoms with Crippen LogP contribution in [0.25, 0.3) is 0 Å². The van der Waals surface area contributed by atoms with Crippen molar-refractivity contribution < 1.29 is 9.59 Å². The summed E-state index contributed by atoms with van der Waals surface area (Å²) in [5.41, 5.74) is -0.0619. The van der Waals surface area contributed by atoms with Crippen LogP contribution in [0.2, 0.25) is 0 Å². The summed E-state index contributed by atoms with van der Waals surface area (Å²) in [5, 5.41) is 0. The fraction of sp³-hybridized carbons (Fsp3) is 0.800. The second-order valence-corrected chi connectivity index (χ2v) is 4.79. The first kappa shape index (κ1) is 7.96. The highest BCUT2D eigenvalue weighted by Gasteiger charge is 2.61. The largest absolute Gasteiger partial charge is 0.291 e. The van der Waals surface area contributed by atoms with E-state index in [2.05, 4.69) is 20.8 Å². The van der Waals surface area contributed by atoms with Crippen LogP contribution in [-0.4, -0.2) is 11.6 Å². The highest BCUT2D eigenvalue weighted by Crippen LogP contribution is 2.56. The number of fused-ring (bicyclic) bond motifs is 2. The molecule has 0 saturated heterocycles. The topological polar surface area (TPSA) is 34.1 Å². The van der Waals surface area contributed by atoms with Crippen LogP contribution < -0.4 is 0 Å². The zero-order valence-electron chi connectivity index (χ0n) is 7.76. The lowest BCUT2D eigenvalue weighted by molar-refractivity contribution is -0.139. The van der Waals surface area contributed by atoms with Crippen molar-refractivity contribution in [2.24, 2.45) is 23.2 Å². The first-order chi connectivity index (χ1) is 5.46. The molecule has 0 radical (unpaired) electrons. The summed E-state index contributed by atoms with van der Waals surface area (Å²) in [7, 11) is 0. The smallest absolute Gasteiger partial charge is 0.202 e. The molecule has 66 valence electrons. The van der Waals surface area contributed by atoms with Crippen LogP contribution in [-0.2, 0) is 9.59 Å². The molecule has 3 atom stereocenters. The van der Waals surface area contributed by atoms with Gasteiger partial charge in [0, 0.05) is 11.8 Å². The minimum Gasteiger partial charge on any atom is -0.291 e. The van der Waals surface area contributed by atoms with Gasteiger partial charge in [-0.3, -0.25) is 9.59 Å². The molecule has 0 aromatic rings. The van der Waals surface area contributed by atoms with Gasteiger partial charge in [-0.05, 0) is 17.8 Å². The Bertz CT molecular complexity index is 265. The molecule has 0 unspecified atom stereocenters. The molecule has 0 amide bonds. The Labute approximate surface area is 72.3 Å². The summed E-state index contributed by atoms with van der Waals surface area (Å²) in [6.45, 7) is 6.18. The van der Waals surface area contributed by atoms with Gasteiger partial charge in [-0.2, -0.15) is 0 Å². The summed E-state index contributed by atoms with van der Waals surface area (Å²) in [6, 6.07) is 0. The van der Waals surface area contributed by atoms with Crippen molar-refractivity contribution in [3.8, 4) is 0 Å². The molecular formula is C10H14O2. The predicted octanol–water partition coefficient (Wildman–Crippen LogP) is 1.44. The average Bonchev–Trinajstić information content (AvgIpc) is 2.25. The van der Waals surface area contributed by atoms with Gasteiger partial charge in [0.05, 0.1) is 0 Å². The standard InChI is InChI=1S/C10H14O2/c1-5-4-6-8(11)9(12)7(5)10(6,2)3/h5-7H,4H2,1-3H3/t5-,6-,7+/m1/s1. The Kier molecular flexibility index (Phi) is 1.31. The third-order valence-electron chi connectivity index (χ3n) is 3.72. The van der Waals surface area contributed by atoms with E-state index in [1.54, 1.807) is 0 Å². The van der Waals surface area contributed by atoms with Gasteiger partial charge in [-0.25, -0.2) is 0 Å². The lowest BCUT2D eigenvalue weighted by Gasteiger charge is -2.22. The van der Waals surface area contributed by atoms with Crippen LogP contribution in [0.3, 0.4) is 0 Å². The molecule has 0 spiro atoms. The monoisotopic (exact) mass is 166 g/mol. The second-order valence-electron chi connectivity index (χ2n) is 4.79. The van der Waals surface area contributed by atoms with Gasteiger partial charge in [0.2, 0.25) is 11.6 Å². The predicted molar refractivity (Wildman–Crippen MR) is 44.6 cm³/mol. The van der Waals surface area contributed by atoms with E-state index in [1.807, 2.05) is 0 Å². The minimum atomic E-state index is -0.108. The molecule has 2 fully saturated rings. The highest BCUT2D eigenvalue weighted by molar-refractivity contribution is 6.42. The van der Waals surface area contributed by atoms with Crippen LogP contribution >= 0.6 is 0 Å². The molecule has 2 saturated carbocycles. The van der Waals surface area contributed by atoms with Crippen molar-refractivity contribution >= 4 is 11.6 Å². The van der Waals surface area contributed by atoms with E-state index in [0.717, 1.165) is 6.42 Å². The fourth-order valence-corrected chi connectivity index (χ4v) is 3.13. The van der Waals surface area contributed by atoms with Crippen molar-refractivity contribution in [2.75, 3.05) is 0 Å². The third kappa shape index (κ3) is 0.661. The molecule has 12 heavy (non-hydrogen) atoms. The molecule has 2 heteroatoms. The molecule has 2 rings (SSSR count). The number of carbonyl (C=O) groups excluding carboxylic acids is 2. The summed E-state index contributed by atoms with van der Waals surface area (Å²) in [5.74, 6) is 0.224. The number of carbonyl (C=O) groups is 2. The van der Waals surface area contributed by atoms with E-state index < -0.39 is 0 Å². The van der Waals surface area contributed by atoms with Crippen LogP contribution in [0, 0.1) is 23.2 Å². The van der Waals surface area contributed by atoms with Gasteiger partial charge in [-0.15, -0.1) is 0 Å². The Morgan fingerprint density at radius 3 is 2.17 bits per heavy atom. The van der Waals surface area contributed by atoms with Gasteiger partial charge >= 0.3 is 0 Å². The Morgan fingerprint density at radius 2 is 1.83 bits per heavy atom. The van der Waals surface area contributed by atoms with E-state index in [9.17, 15) is 9.59 Å². The van der Waals surface area contributed by atoms with E-state index in [1.165, 1.54) is 0 Å². The van der Waals surface area contributed by atoms with Crippen molar-refractivity contribution in [2.45, 2.75) is 27.2 Å². The zero-order chi connectivity index (χ0) is 9.09. The molecule has 0 aliphatic heterocycles. The van der Waals surface area contributed by atoms with Crippen LogP contribution in [0.5, 0.6) is 0 Å². The van der Waals surface area contributed by atoms with Gasteiger partial charge < -0.3 is 0 Å². The molecule has 2 nitrogen and oxygen atoms in total. The minimum absolute atomic E-state index is 0.00926. The number of ketones is 2. The number of hydrogen-bond acceptors (Lipinski definition) is 2. The lowest BCUT2D eigenvalue weighted by Crippen LogP contribution is -2.27. The van der Waals surface area contributed by atoms with E-state index in [-0.39, 0.29) is 28.8 Å². The van der Waals surface area contributed by atoms with E-state index in [0.29, 0.717) is 5.92 Å². The van der Waals surface area contributed by atoms with E-state index >= 15 is 0 Å². The van der Waals surface area contributed by atoms with Crippen LogP contribution in [0.4, 0.5) is 0 Å². The average molecular weight is 166 g/mol. The highest BCUT2D eigenvalue weighted by atomic mass is 16.2. The van der Waals surface area contributed by atoms with Crippen molar-refractivity contribution in [3.05, 3.63) is 0 Å². The molecule has 0 heterocycles. The molecule has 0 aromatic heterocycles. The molecular weight excluding hydrogens is 152 g/mol. The van der Waals surface area contributed by atoms with Gasteiger partial charge in [0.1, 0.15) is 0 Å². The Morgan fingerprint density at radius 1 is 1.25 bits per heavy atom. The normalized spacial score (nSPS) is 44.1. The van der Waals surface area contributed by atoms with Crippen LogP contribution in [0.15, 0.2) is 0 Å². The molecule has 2 bridgehead atoms. The SMILES string of the molecule is C[C@@H]1C[C@@H]2C(=O)C(=O)[C@H]1C2(C)C. The van der Waals surface area contributed by atoms with E-state index in [4.69, 9.17) is 0 Å². The molecule has 2 aliphatic carbocycles. The maximum Gasteiger partial charge on any atom is 0.202 e. The number of hydrogen-bond donors (Lipinski definition) is 0. The first-order valence-electron chi connectivity index (χ1n) is 4.54. The maximum atomic E-state index is 11.4. The molecule has 0 N–H and O–H groups in total. The summed E-state index contributed by atoms with van der Waals surface area (Å²) < 4.78 is 0. The van der Waals surface area contributed by atoms with Crippen molar-refractivity contribution in [1.29, 1.82) is 0 Å². The number of rotatable bonds is 0. The summed E-state index contributed by atoms with van der Waals surface area (Å²) in [4.78, 5) is 22.8. The molecule has 0 aromatic carbocycles. The summed E-state index contributed by atoms with van der Waals surface area (Å²) >= 11 is 0. The Balaban J connectivity index is 2.47. The fourth-order valence-electron chi connectivity index (χ4n) is 3.13. The quantitative estimate of drug-likeness (QED) is 0.510. The summed E-state index contributed by atoms with van der Waals surface area (Å²) in [6.07, 6.45) is 0.919. The van der Waals surface area contributed by atoms with Gasteiger partial charge in [0.15, 0.2) is 0 Å². The van der Waals surface area contributed by atoms with Gasteiger partial charge in [0.25, 0.3) is 0 Å². The zero-order valence-corrected chi connectivity index (χ0v) is 7.76. The van der Waals surface area contributed by atoms with Crippen molar-refractivity contribution in [3.63, 3.8) is 0 Å². The first-order valence-corrected chi connectivity index (χ1v) is 4.54. The molecule has 2 aliphatic rings. The van der Waals surface area contributed by atoms with Gasteiger partial charge in [-0.1, -0.05) is 20.8 Å². The Hall–Kier alpha value is -0.660. The number of Topliss-reactive ketones (excluding diaryl/α,β-unsaturated/α-hetero) is 2. The second kappa shape index (κ2) is 1.98. The lowest BCUT2D eigenvalue weighted by atomic mass is 9.80. The van der Waals surface area contributed by atoms with Crippen molar-refractivity contribution in [1.82, 2.24) is 0 Å².